The number of aromatic carboxylic acids is 1. The Balaban J connectivity index is 2.01. The summed E-state index contributed by atoms with van der Waals surface area (Å²) in [4.78, 5) is 30.7. The number of nitrogens with zero attached hydrogens (tertiary/aromatic N) is 2. The zero-order valence-corrected chi connectivity index (χ0v) is 15.3. The molecule has 0 aliphatic heterocycles. The zero-order chi connectivity index (χ0) is 19.4. The van der Waals surface area contributed by atoms with Crippen LogP contribution < -0.4 is 10.2 Å². The summed E-state index contributed by atoms with van der Waals surface area (Å²) in [6, 6.07) is 15.5. The molecule has 0 aliphatic rings. The largest absolute Gasteiger partial charge is 0.478 e. The van der Waals surface area contributed by atoms with Crippen LogP contribution in [0, 0.1) is 0 Å². The molecule has 0 bridgehead atoms. The molecule has 0 fully saturated rings. The van der Waals surface area contributed by atoms with Gasteiger partial charge in [0, 0.05) is 29.7 Å². The van der Waals surface area contributed by atoms with Gasteiger partial charge in [-0.3, -0.25) is 4.79 Å². The minimum absolute atomic E-state index is 0.165. The van der Waals surface area contributed by atoms with E-state index in [9.17, 15) is 14.7 Å². The van der Waals surface area contributed by atoms with Crippen molar-refractivity contribution in [2.75, 3.05) is 23.3 Å². The summed E-state index contributed by atoms with van der Waals surface area (Å²) in [6.07, 6.45) is 0. The lowest BCUT2D eigenvalue weighted by atomic mass is 10.1. The lowest BCUT2D eigenvalue weighted by Gasteiger charge is -2.21. The van der Waals surface area contributed by atoms with Crippen LogP contribution in [-0.2, 0) is 0 Å². The van der Waals surface area contributed by atoms with Crippen molar-refractivity contribution in [2.45, 2.75) is 13.8 Å². The van der Waals surface area contributed by atoms with Crippen molar-refractivity contribution in [1.29, 1.82) is 0 Å². The summed E-state index contributed by atoms with van der Waals surface area (Å²) in [5, 5.41) is 12.9. The van der Waals surface area contributed by atoms with Crippen molar-refractivity contribution in [3.63, 3.8) is 0 Å². The number of hydrogen-bond acceptors (Lipinski definition) is 4. The molecule has 0 unspecified atom stereocenters. The van der Waals surface area contributed by atoms with Crippen molar-refractivity contribution >= 4 is 34.3 Å². The molecule has 27 heavy (non-hydrogen) atoms. The normalized spacial score (nSPS) is 10.6. The van der Waals surface area contributed by atoms with Gasteiger partial charge in [0.25, 0.3) is 5.91 Å². The van der Waals surface area contributed by atoms with Crippen LogP contribution in [0.5, 0.6) is 0 Å². The van der Waals surface area contributed by atoms with E-state index in [-0.39, 0.29) is 11.5 Å². The number of hydrogen-bond donors (Lipinski definition) is 2. The van der Waals surface area contributed by atoms with Crippen LogP contribution in [0.3, 0.4) is 0 Å². The lowest BCUT2D eigenvalue weighted by Crippen LogP contribution is -2.23. The number of carbonyl (C=O) groups excluding carboxylic acids is 1. The van der Waals surface area contributed by atoms with Gasteiger partial charge in [-0.2, -0.15) is 0 Å². The molecule has 1 heterocycles. The highest BCUT2D eigenvalue weighted by atomic mass is 16.4. The summed E-state index contributed by atoms with van der Waals surface area (Å²) in [7, 11) is 0. The molecular weight excluding hydrogens is 342 g/mol. The van der Waals surface area contributed by atoms with E-state index in [4.69, 9.17) is 0 Å². The maximum absolute atomic E-state index is 12.3. The van der Waals surface area contributed by atoms with Crippen LogP contribution in [0.15, 0.2) is 54.6 Å². The first-order valence-corrected chi connectivity index (χ1v) is 8.83. The Morgan fingerprint density at radius 3 is 2.37 bits per heavy atom. The fraction of sp³-hybridized carbons (Fsp3) is 0.190. The number of carboxylic acids is 1. The molecule has 0 radical (unpaired) electrons. The molecule has 3 rings (SSSR count). The number of fused-ring (bicyclic) bond motifs is 1. The molecule has 2 aromatic carbocycles. The molecule has 0 saturated carbocycles. The number of benzene rings is 2. The Morgan fingerprint density at radius 1 is 1.04 bits per heavy atom. The van der Waals surface area contributed by atoms with Gasteiger partial charge in [0.15, 0.2) is 0 Å². The first kappa shape index (κ1) is 18.4. The van der Waals surface area contributed by atoms with Gasteiger partial charge in [-0.1, -0.05) is 18.2 Å². The minimum atomic E-state index is -1.03. The molecule has 1 aromatic heterocycles. The molecule has 0 atom stereocenters. The second-order valence-electron chi connectivity index (χ2n) is 6.06. The molecule has 3 aromatic rings. The van der Waals surface area contributed by atoms with Crippen molar-refractivity contribution in [3.05, 3.63) is 65.7 Å². The second kappa shape index (κ2) is 7.86. The Bertz CT molecular complexity index is 983. The predicted molar refractivity (Wildman–Crippen MR) is 107 cm³/mol. The molecule has 1 amide bonds. The number of carboxylic acid groups (broad SMARTS) is 1. The number of anilines is 2. The highest BCUT2D eigenvalue weighted by Gasteiger charge is 2.15. The SMILES string of the molecule is CCN(CC)c1cc(C(=O)O)c2cc(NC(=O)c3ccccc3)ccc2n1. The van der Waals surface area contributed by atoms with Crippen molar-refractivity contribution in [2.24, 2.45) is 0 Å². The molecule has 6 nitrogen and oxygen atoms in total. The van der Waals surface area contributed by atoms with E-state index < -0.39 is 5.97 Å². The Kier molecular flexibility index (Phi) is 5.35. The number of rotatable bonds is 6. The monoisotopic (exact) mass is 363 g/mol. The summed E-state index contributed by atoms with van der Waals surface area (Å²) in [5.41, 5.74) is 1.80. The smallest absolute Gasteiger partial charge is 0.336 e. The number of pyridine rings is 1. The van der Waals surface area contributed by atoms with E-state index >= 15 is 0 Å². The Labute approximate surface area is 157 Å². The highest BCUT2D eigenvalue weighted by Crippen LogP contribution is 2.26. The predicted octanol–water partition coefficient (Wildman–Crippen LogP) is 4.03. The van der Waals surface area contributed by atoms with E-state index in [1.807, 2.05) is 24.8 Å². The van der Waals surface area contributed by atoms with Gasteiger partial charge in [-0.05, 0) is 50.2 Å². The Hall–Kier alpha value is -3.41. The number of amides is 1. The van der Waals surface area contributed by atoms with Gasteiger partial charge in [-0.15, -0.1) is 0 Å². The highest BCUT2D eigenvalue weighted by molar-refractivity contribution is 6.08. The number of carbonyl (C=O) groups is 2. The summed E-state index contributed by atoms with van der Waals surface area (Å²) in [5.74, 6) is -0.646. The van der Waals surface area contributed by atoms with Crippen LogP contribution in [0.1, 0.15) is 34.6 Å². The minimum Gasteiger partial charge on any atom is -0.478 e. The molecule has 6 heteroatoms. The van der Waals surface area contributed by atoms with Crippen molar-refractivity contribution in [1.82, 2.24) is 4.98 Å². The quantitative estimate of drug-likeness (QED) is 0.691. The third-order valence-corrected chi connectivity index (χ3v) is 4.41. The number of aromatic nitrogens is 1. The van der Waals surface area contributed by atoms with Crippen LogP contribution in [-0.4, -0.2) is 35.1 Å². The molecule has 0 saturated heterocycles. The molecular formula is C21H21N3O3. The van der Waals surface area contributed by atoms with Crippen LogP contribution in [0.4, 0.5) is 11.5 Å². The number of nitrogens with one attached hydrogen (secondary N) is 1. The van der Waals surface area contributed by atoms with Crippen molar-refractivity contribution < 1.29 is 14.7 Å². The Morgan fingerprint density at radius 2 is 1.74 bits per heavy atom. The van der Waals surface area contributed by atoms with E-state index in [0.717, 1.165) is 13.1 Å². The van der Waals surface area contributed by atoms with E-state index in [2.05, 4.69) is 10.3 Å². The van der Waals surface area contributed by atoms with E-state index in [0.29, 0.717) is 28.0 Å². The second-order valence-corrected chi connectivity index (χ2v) is 6.06. The van der Waals surface area contributed by atoms with Gasteiger partial charge in [0.1, 0.15) is 5.82 Å². The first-order valence-electron chi connectivity index (χ1n) is 8.83. The van der Waals surface area contributed by atoms with Crippen LogP contribution in [0.25, 0.3) is 10.9 Å². The van der Waals surface area contributed by atoms with Crippen molar-refractivity contribution in [3.8, 4) is 0 Å². The average Bonchev–Trinajstić information content (AvgIpc) is 2.69. The maximum Gasteiger partial charge on any atom is 0.336 e. The van der Waals surface area contributed by atoms with Gasteiger partial charge >= 0.3 is 5.97 Å². The molecule has 0 aliphatic carbocycles. The first-order chi connectivity index (χ1) is 13.0. The maximum atomic E-state index is 12.3. The van der Waals surface area contributed by atoms with Crippen LogP contribution >= 0.6 is 0 Å². The third kappa shape index (κ3) is 3.89. The molecule has 138 valence electrons. The zero-order valence-electron chi connectivity index (χ0n) is 15.3. The lowest BCUT2D eigenvalue weighted by molar-refractivity contribution is 0.0698. The average molecular weight is 363 g/mol. The van der Waals surface area contributed by atoms with Gasteiger partial charge in [0.05, 0.1) is 11.1 Å². The van der Waals surface area contributed by atoms with Gasteiger partial charge < -0.3 is 15.3 Å². The summed E-state index contributed by atoms with van der Waals surface area (Å²) in [6.45, 7) is 5.47. The summed E-state index contributed by atoms with van der Waals surface area (Å²) >= 11 is 0. The topological polar surface area (TPSA) is 82.5 Å². The fourth-order valence-electron chi connectivity index (χ4n) is 2.97. The van der Waals surface area contributed by atoms with Crippen LogP contribution in [0.2, 0.25) is 0 Å². The van der Waals surface area contributed by atoms with Gasteiger partial charge in [0.2, 0.25) is 0 Å². The van der Waals surface area contributed by atoms with E-state index in [1.54, 1.807) is 48.5 Å². The molecule has 0 spiro atoms. The van der Waals surface area contributed by atoms with E-state index in [1.165, 1.54) is 0 Å². The fourth-order valence-corrected chi connectivity index (χ4v) is 2.97. The molecule has 2 N–H and O–H groups in total. The van der Waals surface area contributed by atoms with Gasteiger partial charge in [-0.25, -0.2) is 9.78 Å². The third-order valence-electron chi connectivity index (χ3n) is 4.41. The summed E-state index contributed by atoms with van der Waals surface area (Å²) < 4.78 is 0. The standard InChI is InChI=1S/C21H21N3O3/c1-3-24(4-2)19-13-17(21(26)27)16-12-15(10-11-18(16)23-19)22-20(25)14-8-6-5-7-9-14/h5-13H,3-4H2,1-2H3,(H,22,25)(H,26,27).